The summed E-state index contributed by atoms with van der Waals surface area (Å²) in [6.45, 7) is 2.64. The van der Waals surface area contributed by atoms with Gasteiger partial charge in [-0.05, 0) is 23.6 Å². The Bertz CT molecular complexity index is 1270. The molecule has 0 spiro atoms. The average Bonchev–Trinajstić information content (AvgIpc) is 3.37. The van der Waals surface area contributed by atoms with E-state index in [1.54, 1.807) is 23.1 Å². The van der Waals surface area contributed by atoms with Crippen LogP contribution in [-0.4, -0.2) is 78.8 Å². The van der Waals surface area contributed by atoms with Crippen LogP contribution in [0.15, 0.2) is 28.5 Å². The molecule has 2 aliphatic rings. The molecule has 170 valence electrons. The fourth-order valence-corrected chi connectivity index (χ4v) is 8.23. The van der Waals surface area contributed by atoms with Crippen LogP contribution in [0.1, 0.15) is 20.4 Å². The Kier molecular flexibility index (Phi) is 5.77. The van der Waals surface area contributed by atoms with Crippen molar-refractivity contribution in [2.75, 3.05) is 40.3 Å². The number of nitrogens with zero attached hydrogens (tertiary/aromatic N) is 5. The van der Waals surface area contributed by atoms with Crippen molar-refractivity contribution in [1.82, 2.24) is 24.2 Å². The van der Waals surface area contributed by atoms with Gasteiger partial charge in [0.2, 0.25) is 0 Å². The summed E-state index contributed by atoms with van der Waals surface area (Å²) in [5.74, 6) is -0.122. The van der Waals surface area contributed by atoms with Crippen molar-refractivity contribution < 1.29 is 13.2 Å². The van der Waals surface area contributed by atoms with Crippen LogP contribution in [0.25, 0.3) is 10.1 Å². The molecule has 0 unspecified atom stereocenters. The Labute approximate surface area is 199 Å². The van der Waals surface area contributed by atoms with Crippen LogP contribution in [0.5, 0.6) is 0 Å². The minimum absolute atomic E-state index is 0.122. The van der Waals surface area contributed by atoms with Crippen LogP contribution in [0, 0.1) is 0 Å². The van der Waals surface area contributed by atoms with E-state index in [9.17, 15) is 13.2 Å². The number of aromatic nitrogens is 1. The SMILES string of the molecule is CN1Cc2nc(C(=O)N3CCN(S(=O)(=O)c4cc5ccc(Cl)cc5s4)CC3)sc2CN1C. The predicted octanol–water partition coefficient (Wildman–Crippen LogP) is 2.95. The fraction of sp³-hybridized carbons (Fsp3) is 0.400. The highest BCUT2D eigenvalue weighted by atomic mass is 35.5. The third-order valence-corrected chi connectivity index (χ3v) is 10.6. The summed E-state index contributed by atoms with van der Waals surface area (Å²) in [7, 11) is 0.385. The molecule has 0 atom stereocenters. The predicted molar refractivity (Wildman–Crippen MR) is 127 cm³/mol. The summed E-state index contributed by atoms with van der Waals surface area (Å²) < 4.78 is 28.9. The maximum absolute atomic E-state index is 13.2. The average molecular weight is 512 g/mol. The summed E-state index contributed by atoms with van der Waals surface area (Å²) in [5, 5.41) is 6.09. The highest BCUT2D eigenvalue weighted by Crippen LogP contribution is 2.33. The van der Waals surface area contributed by atoms with Gasteiger partial charge in [0.15, 0.2) is 5.01 Å². The van der Waals surface area contributed by atoms with Gasteiger partial charge in [-0.25, -0.2) is 23.4 Å². The van der Waals surface area contributed by atoms with Gasteiger partial charge >= 0.3 is 0 Å². The number of thiazole rings is 1. The Balaban J connectivity index is 1.28. The lowest BCUT2D eigenvalue weighted by Crippen LogP contribution is -2.50. The van der Waals surface area contributed by atoms with Gasteiger partial charge in [0.1, 0.15) is 4.21 Å². The highest BCUT2D eigenvalue weighted by Gasteiger charge is 2.33. The van der Waals surface area contributed by atoms with Crippen LogP contribution in [0.2, 0.25) is 5.02 Å². The number of carbonyl (C=O) groups excluding carboxylic acids is 1. The van der Waals surface area contributed by atoms with E-state index in [0.717, 1.165) is 27.2 Å². The van der Waals surface area contributed by atoms with Crippen molar-refractivity contribution in [3.8, 4) is 0 Å². The summed E-state index contributed by atoms with van der Waals surface area (Å²) in [4.78, 5) is 20.4. The van der Waals surface area contributed by atoms with Crippen molar-refractivity contribution in [3.05, 3.63) is 44.9 Å². The van der Waals surface area contributed by atoms with E-state index in [0.29, 0.717) is 33.9 Å². The molecule has 1 aromatic carbocycles. The number of amides is 1. The standard InChI is InChI=1S/C20H22ClN5O3S3/c1-23-11-15-17(12-24(23)2)31-19(22-15)20(27)25-5-7-26(8-6-25)32(28,29)18-9-13-3-4-14(21)10-16(13)30-18/h3-4,9-10H,5-8,11-12H2,1-2H3. The number of benzene rings is 1. The van der Waals surface area contributed by atoms with E-state index in [1.807, 2.05) is 20.2 Å². The zero-order valence-corrected chi connectivity index (χ0v) is 20.8. The second-order valence-corrected chi connectivity index (χ2v) is 12.7. The third-order valence-electron chi connectivity index (χ3n) is 5.87. The number of hydrogen-bond donors (Lipinski definition) is 0. The molecule has 2 aliphatic heterocycles. The minimum atomic E-state index is -3.62. The molecular formula is C20H22ClN5O3S3. The highest BCUT2D eigenvalue weighted by molar-refractivity contribution is 7.91. The maximum Gasteiger partial charge on any atom is 0.282 e. The molecule has 12 heteroatoms. The molecule has 0 N–H and O–H groups in total. The third kappa shape index (κ3) is 3.96. The summed E-state index contributed by atoms with van der Waals surface area (Å²) >= 11 is 8.69. The zero-order chi connectivity index (χ0) is 22.6. The zero-order valence-electron chi connectivity index (χ0n) is 17.6. The Morgan fingerprint density at radius 3 is 2.50 bits per heavy atom. The number of rotatable bonds is 3. The van der Waals surface area contributed by atoms with Crippen molar-refractivity contribution >= 4 is 60.3 Å². The van der Waals surface area contributed by atoms with Crippen molar-refractivity contribution in [2.45, 2.75) is 17.3 Å². The van der Waals surface area contributed by atoms with Gasteiger partial charge in [-0.2, -0.15) is 4.31 Å². The lowest BCUT2D eigenvalue weighted by atomic mass is 10.3. The molecule has 3 aromatic rings. The first-order chi connectivity index (χ1) is 15.2. The van der Waals surface area contributed by atoms with Crippen LogP contribution in [0.3, 0.4) is 0 Å². The normalized spacial score (nSPS) is 18.9. The Morgan fingerprint density at radius 2 is 1.75 bits per heavy atom. The van der Waals surface area contributed by atoms with E-state index in [-0.39, 0.29) is 19.0 Å². The minimum Gasteiger partial charge on any atom is -0.334 e. The summed E-state index contributed by atoms with van der Waals surface area (Å²) in [6.07, 6.45) is 0. The van der Waals surface area contributed by atoms with E-state index >= 15 is 0 Å². The van der Waals surface area contributed by atoms with Crippen LogP contribution < -0.4 is 0 Å². The number of halogens is 1. The van der Waals surface area contributed by atoms with Crippen molar-refractivity contribution in [3.63, 3.8) is 0 Å². The molecule has 8 nitrogen and oxygen atoms in total. The van der Waals surface area contributed by atoms with Crippen LogP contribution in [0.4, 0.5) is 0 Å². The smallest absolute Gasteiger partial charge is 0.282 e. The van der Waals surface area contributed by atoms with Gasteiger partial charge < -0.3 is 4.90 Å². The second kappa shape index (κ2) is 8.32. The molecule has 1 amide bonds. The molecule has 32 heavy (non-hydrogen) atoms. The first-order valence-corrected chi connectivity index (χ1v) is 13.6. The van der Waals surface area contributed by atoms with Gasteiger partial charge in [-0.3, -0.25) is 4.79 Å². The summed E-state index contributed by atoms with van der Waals surface area (Å²) in [5.41, 5.74) is 0.949. The van der Waals surface area contributed by atoms with Gasteiger partial charge in [0, 0.05) is 61.4 Å². The lowest BCUT2D eigenvalue weighted by molar-refractivity contribution is -0.00172. The van der Waals surface area contributed by atoms with Gasteiger partial charge in [0.25, 0.3) is 15.9 Å². The van der Waals surface area contributed by atoms with Gasteiger partial charge in [-0.15, -0.1) is 22.7 Å². The summed E-state index contributed by atoms with van der Waals surface area (Å²) in [6, 6.07) is 7.05. The number of hydrogen-bond acceptors (Lipinski definition) is 8. The number of sulfonamides is 1. The number of thiophene rings is 1. The molecule has 0 saturated carbocycles. The number of piperazine rings is 1. The quantitative estimate of drug-likeness (QED) is 0.538. The Morgan fingerprint density at radius 1 is 1.03 bits per heavy atom. The van der Waals surface area contributed by atoms with Crippen LogP contribution in [-0.2, 0) is 23.1 Å². The molecule has 1 fully saturated rings. The maximum atomic E-state index is 13.2. The molecule has 0 radical (unpaired) electrons. The lowest BCUT2D eigenvalue weighted by Gasteiger charge is -2.33. The first-order valence-electron chi connectivity index (χ1n) is 10.1. The Hall–Kier alpha value is -1.60. The number of hydrazine groups is 1. The van der Waals surface area contributed by atoms with Gasteiger partial charge in [-0.1, -0.05) is 17.7 Å². The molecular weight excluding hydrogens is 490 g/mol. The van der Waals surface area contributed by atoms with Crippen molar-refractivity contribution in [1.29, 1.82) is 0 Å². The molecule has 0 bridgehead atoms. The molecule has 5 rings (SSSR count). The van der Waals surface area contributed by atoms with Crippen molar-refractivity contribution in [2.24, 2.45) is 0 Å². The molecule has 0 aliphatic carbocycles. The van der Waals surface area contributed by atoms with E-state index in [1.165, 1.54) is 27.0 Å². The van der Waals surface area contributed by atoms with E-state index in [4.69, 9.17) is 11.6 Å². The first kappa shape index (κ1) is 22.2. The van der Waals surface area contributed by atoms with Gasteiger partial charge in [0.05, 0.1) is 12.2 Å². The van der Waals surface area contributed by atoms with Crippen LogP contribution >= 0.6 is 34.3 Å². The second-order valence-electron chi connectivity index (χ2n) is 7.96. The number of fused-ring (bicyclic) bond motifs is 2. The number of carbonyl (C=O) groups is 1. The molecule has 1 saturated heterocycles. The molecule has 2 aromatic heterocycles. The monoisotopic (exact) mass is 511 g/mol. The topological polar surface area (TPSA) is 77.1 Å². The fourth-order valence-electron chi connectivity index (χ4n) is 3.89. The largest absolute Gasteiger partial charge is 0.334 e. The van der Waals surface area contributed by atoms with E-state index in [2.05, 4.69) is 15.0 Å². The van der Waals surface area contributed by atoms with E-state index < -0.39 is 10.0 Å². The molecule has 4 heterocycles.